The number of carbonyl (C=O) groups excluding carboxylic acids is 2. The minimum atomic E-state index is -1.01. The molecule has 0 atom stereocenters. The van der Waals surface area contributed by atoms with Crippen molar-refractivity contribution in [3.63, 3.8) is 0 Å². The predicted molar refractivity (Wildman–Crippen MR) is 72.0 cm³/mol. The Morgan fingerprint density at radius 3 is 2.68 bits per heavy atom. The summed E-state index contributed by atoms with van der Waals surface area (Å²) >= 11 is 3.28. The Bertz CT molecular complexity index is 590. The van der Waals surface area contributed by atoms with E-state index in [-0.39, 0.29) is 5.57 Å². The maximum atomic E-state index is 11.5. The van der Waals surface area contributed by atoms with Crippen LogP contribution in [-0.4, -0.2) is 19.0 Å². The van der Waals surface area contributed by atoms with Gasteiger partial charge in [0.05, 0.1) is 11.6 Å². The zero-order chi connectivity index (χ0) is 14.4. The largest absolute Gasteiger partial charge is 0.496 e. The molecule has 0 aromatic heterocycles. The molecule has 0 aliphatic carbocycles. The van der Waals surface area contributed by atoms with E-state index >= 15 is 0 Å². The van der Waals surface area contributed by atoms with E-state index in [2.05, 4.69) is 15.9 Å². The number of halogens is 1. The van der Waals surface area contributed by atoms with E-state index in [1.807, 2.05) is 5.32 Å². The summed E-state index contributed by atoms with van der Waals surface area (Å²) in [6, 6.07) is 5.70. The molecule has 3 N–H and O–H groups in total. The van der Waals surface area contributed by atoms with E-state index in [1.54, 1.807) is 24.3 Å². The van der Waals surface area contributed by atoms with Gasteiger partial charge in [0.25, 0.3) is 5.91 Å². The van der Waals surface area contributed by atoms with Gasteiger partial charge in [0.15, 0.2) is 0 Å². The van der Waals surface area contributed by atoms with Crippen LogP contribution in [0.2, 0.25) is 0 Å². The van der Waals surface area contributed by atoms with Gasteiger partial charge in [-0.1, -0.05) is 6.07 Å². The van der Waals surface area contributed by atoms with Gasteiger partial charge >= 0.3 is 6.03 Å². The first-order chi connectivity index (χ1) is 8.97. The van der Waals surface area contributed by atoms with Gasteiger partial charge in [-0.25, -0.2) is 4.79 Å². The molecule has 0 saturated carbocycles. The van der Waals surface area contributed by atoms with Crippen molar-refractivity contribution in [1.29, 1.82) is 5.26 Å². The Labute approximate surface area is 118 Å². The lowest BCUT2D eigenvalue weighted by Crippen LogP contribution is -2.35. The van der Waals surface area contributed by atoms with E-state index in [0.29, 0.717) is 15.8 Å². The van der Waals surface area contributed by atoms with Crippen LogP contribution in [0.25, 0.3) is 6.08 Å². The van der Waals surface area contributed by atoms with Crippen LogP contribution < -0.4 is 15.8 Å². The topological polar surface area (TPSA) is 105 Å². The first-order valence-corrected chi connectivity index (χ1v) is 5.83. The van der Waals surface area contributed by atoms with Gasteiger partial charge in [-0.2, -0.15) is 5.26 Å². The first kappa shape index (κ1) is 14.7. The highest BCUT2D eigenvalue weighted by molar-refractivity contribution is 9.10. The number of rotatable bonds is 3. The van der Waals surface area contributed by atoms with Crippen LogP contribution in [0.5, 0.6) is 5.75 Å². The number of hydrogen-bond acceptors (Lipinski definition) is 4. The number of nitrogens with zero attached hydrogens (tertiary/aromatic N) is 1. The lowest BCUT2D eigenvalue weighted by Gasteiger charge is -2.04. The zero-order valence-electron chi connectivity index (χ0n) is 9.94. The molecule has 98 valence electrons. The van der Waals surface area contributed by atoms with Gasteiger partial charge in [-0.05, 0) is 39.7 Å². The lowest BCUT2D eigenvalue weighted by atomic mass is 10.1. The second kappa shape index (κ2) is 6.56. The number of nitrogens with two attached hydrogens (primary N) is 1. The summed E-state index contributed by atoms with van der Waals surface area (Å²) < 4.78 is 5.74. The summed E-state index contributed by atoms with van der Waals surface area (Å²) in [7, 11) is 1.52. The molecule has 0 aliphatic heterocycles. The number of imide groups is 1. The number of carbonyl (C=O) groups is 2. The molecule has 0 unspecified atom stereocenters. The maximum absolute atomic E-state index is 11.5. The average Bonchev–Trinajstić information content (AvgIpc) is 2.35. The Morgan fingerprint density at radius 1 is 1.53 bits per heavy atom. The molecule has 0 spiro atoms. The molecule has 6 nitrogen and oxygen atoms in total. The van der Waals surface area contributed by atoms with E-state index < -0.39 is 11.9 Å². The third-order valence-electron chi connectivity index (χ3n) is 2.09. The number of amides is 3. The van der Waals surface area contributed by atoms with Crippen LogP contribution >= 0.6 is 15.9 Å². The van der Waals surface area contributed by atoms with Crippen molar-refractivity contribution in [2.45, 2.75) is 0 Å². The SMILES string of the molecule is COc1ccc(/C=C(/C#N)C(=O)NC(N)=O)cc1Br. The lowest BCUT2D eigenvalue weighted by molar-refractivity contribution is -0.115. The highest BCUT2D eigenvalue weighted by atomic mass is 79.9. The quantitative estimate of drug-likeness (QED) is 0.650. The normalized spacial score (nSPS) is 10.5. The number of hydrogen-bond donors (Lipinski definition) is 2. The number of ether oxygens (including phenoxy) is 1. The highest BCUT2D eigenvalue weighted by Crippen LogP contribution is 2.26. The van der Waals surface area contributed by atoms with Crippen molar-refractivity contribution >= 4 is 33.9 Å². The number of urea groups is 1. The van der Waals surface area contributed by atoms with Gasteiger partial charge in [-0.3, -0.25) is 10.1 Å². The van der Waals surface area contributed by atoms with Crippen molar-refractivity contribution < 1.29 is 14.3 Å². The Morgan fingerprint density at radius 2 is 2.21 bits per heavy atom. The minimum Gasteiger partial charge on any atom is -0.496 e. The molecular formula is C12H10BrN3O3. The van der Waals surface area contributed by atoms with Crippen LogP contribution in [0, 0.1) is 11.3 Å². The van der Waals surface area contributed by atoms with Gasteiger partial charge in [0.2, 0.25) is 0 Å². The van der Waals surface area contributed by atoms with Crippen molar-refractivity contribution in [3.8, 4) is 11.8 Å². The molecule has 3 amide bonds. The maximum Gasteiger partial charge on any atom is 0.319 e. The van der Waals surface area contributed by atoms with Crippen molar-refractivity contribution in [3.05, 3.63) is 33.8 Å². The van der Waals surface area contributed by atoms with E-state index in [0.717, 1.165) is 0 Å². The number of nitriles is 1. The third-order valence-corrected chi connectivity index (χ3v) is 2.71. The van der Waals surface area contributed by atoms with Crippen LogP contribution in [0.15, 0.2) is 28.2 Å². The predicted octanol–water partition coefficient (Wildman–Crippen LogP) is 1.56. The first-order valence-electron chi connectivity index (χ1n) is 5.04. The summed E-state index contributed by atoms with van der Waals surface area (Å²) in [5.74, 6) is -0.223. The minimum absolute atomic E-state index is 0.226. The third kappa shape index (κ3) is 4.12. The molecule has 1 aromatic rings. The van der Waals surface area contributed by atoms with E-state index in [1.165, 1.54) is 13.2 Å². The average molecular weight is 324 g/mol. The van der Waals surface area contributed by atoms with Crippen molar-refractivity contribution in [2.24, 2.45) is 5.73 Å². The van der Waals surface area contributed by atoms with Crippen LogP contribution in [0.3, 0.4) is 0 Å². The van der Waals surface area contributed by atoms with Gasteiger partial charge < -0.3 is 10.5 Å². The number of benzene rings is 1. The standard InChI is InChI=1S/C12H10BrN3O3/c1-19-10-3-2-7(5-9(10)13)4-8(6-14)11(17)16-12(15)18/h2-5H,1H3,(H3,15,16,17,18)/b8-4-. The van der Waals surface area contributed by atoms with Crippen LogP contribution in [-0.2, 0) is 4.79 Å². The number of nitrogens with one attached hydrogen (secondary N) is 1. The molecule has 0 aliphatic rings. The summed E-state index contributed by atoms with van der Waals surface area (Å²) in [4.78, 5) is 22.0. The number of methoxy groups -OCH3 is 1. The fourth-order valence-electron chi connectivity index (χ4n) is 1.27. The summed E-state index contributed by atoms with van der Waals surface area (Å²) in [6.45, 7) is 0. The molecule has 0 saturated heterocycles. The summed E-state index contributed by atoms with van der Waals surface area (Å²) in [6.07, 6.45) is 1.34. The summed E-state index contributed by atoms with van der Waals surface area (Å²) in [5.41, 5.74) is 5.18. The fraction of sp³-hybridized carbons (Fsp3) is 0.0833. The monoisotopic (exact) mass is 323 g/mol. The summed E-state index contributed by atoms with van der Waals surface area (Å²) in [5, 5.41) is 10.7. The molecule has 0 radical (unpaired) electrons. The second-order valence-electron chi connectivity index (χ2n) is 3.38. The molecule has 0 heterocycles. The smallest absolute Gasteiger partial charge is 0.319 e. The van der Waals surface area contributed by atoms with Crippen LogP contribution in [0.1, 0.15) is 5.56 Å². The number of primary amides is 1. The van der Waals surface area contributed by atoms with Crippen molar-refractivity contribution in [1.82, 2.24) is 5.32 Å². The Balaban J connectivity index is 3.05. The van der Waals surface area contributed by atoms with Gasteiger partial charge in [0, 0.05) is 0 Å². The van der Waals surface area contributed by atoms with Crippen molar-refractivity contribution in [2.75, 3.05) is 7.11 Å². The molecular weight excluding hydrogens is 314 g/mol. The fourth-order valence-corrected chi connectivity index (χ4v) is 1.83. The Kier molecular flexibility index (Phi) is 5.09. The van der Waals surface area contributed by atoms with Gasteiger partial charge in [-0.15, -0.1) is 0 Å². The molecule has 7 heteroatoms. The molecule has 0 fully saturated rings. The molecule has 1 aromatic carbocycles. The zero-order valence-corrected chi connectivity index (χ0v) is 11.5. The molecule has 19 heavy (non-hydrogen) atoms. The van der Waals surface area contributed by atoms with E-state index in [9.17, 15) is 9.59 Å². The van der Waals surface area contributed by atoms with Gasteiger partial charge in [0.1, 0.15) is 17.4 Å². The second-order valence-corrected chi connectivity index (χ2v) is 4.24. The van der Waals surface area contributed by atoms with E-state index in [4.69, 9.17) is 15.7 Å². The van der Waals surface area contributed by atoms with Crippen LogP contribution in [0.4, 0.5) is 4.79 Å². The Hall–Kier alpha value is -2.33. The highest BCUT2D eigenvalue weighted by Gasteiger charge is 2.11. The molecule has 0 bridgehead atoms. The molecule has 1 rings (SSSR count).